The summed E-state index contributed by atoms with van der Waals surface area (Å²) in [6, 6.07) is 0. The number of carbonyl (C=O) groups excluding carboxylic acids is 2. The van der Waals surface area contributed by atoms with Crippen molar-refractivity contribution < 1.29 is 19.1 Å². The second-order valence-electron chi connectivity index (χ2n) is 5.22. The van der Waals surface area contributed by atoms with Gasteiger partial charge in [-0.1, -0.05) is 34.1 Å². The van der Waals surface area contributed by atoms with Crippen molar-refractivity contribution in [2.75, 3.05) is 20.0 Å². The fourth-order valence-electron chi connectivity index (χ4n) is 1.63. The van der Waals surface area contributed by atoms with Crippen molar-refractivity contribution in [3.8, 4) is 0 Å². The quantitative estimate of drug-likeness (QED) is 0.551. The molecule has 0 spiro atoms. The third-order valence-corrected chi connectivity index (χ3v) is 4.08. The molecule has 0 saturated heterocycles. The Morgan fingerprint density at radius 1 is 1.06 bits per heavy atom. The van der Waals surface area contributed by atoms with Crippen molar-refractivity contribution in [3.05, 3.63) is 0 Å². The molecule has 0 amide bonds. The van der Waals surface area contributed by atoms with Crippen molar-refractivity contribution >= 4 is 23.7 Å². The second-order valence-corrected chi connectivity index (χ2v) is 7.02. The van der Waals surface area contributed by atoms with Crippen molar-refractivity contribution in [1.29, 1.82) is 0 Å². The largest absolute Gasteiger partial charge is 0.468 e. The number of esters is 2. The van der Waals surface area contributed by atoms with E-state index in [0.717, 1.165) is 6.42 Å². The maximum absolute atomic E-state index is 12.0. The lowest BCUT2D eigenvalue weighted by atomic mass is 9.85. The van der Waals surface area contributed by atoms with Gasteiger partial charge in [0.2, 0.25) is 0 Å². The zero-order valence-electron chi connectivity index (χ0n) is 12.2. The molecule has 0 aromatic heterocycles. The molecular weight excluding hydrogens is 252 g/mol. The lowest BCUT2D eigenvalue weighted by molar-refractivity contribution is -0.167. The molecule has 0 radical (unpaired) electrons. The van der Waals surface area contributed by atoms with Crippen LogP contribution < -0.4 is 0 Å². The van der Waals surface area contributed by atoms with Crippen LogP contribution in [0.4, 0.5) is 0 Å². The summed E-state index contributed by atoms with van der Waals surface area (Å²) in [5.41, 5.74) is -1.18. The van der Waals surface area contributed by atoms with Gasteiger partial charge in [0.25, 0.3) is 0 Å². The van der Waals surface area contributed by atoms with Gasteiger partial charge < -0.3 is 9.47 Å². The molecule has 0 unspecified atom stereocenters. The smallest absolute Gasteiger partial charge is 0.324 e. The number of carbonyl (C=O) groups is 2. The van der Waals surface area contributed by atoms with Crippen LogP contribution in [-0.4, -0.2) is 36.7 Å². The van der Waals surface area contributed by atoms with E-state index in [4.69, 9.17) is 9.47 Å². The van der Waals surface area contributed by atoms with Crippen LogP contribution in [0.2, 0.25) is 0 Å². The van der Waals surface area contributed by atoms with Crippen molar-refractivity contribution in [1.82, 2.24) is 0 Å². The minimum atomic E-state index is -1.18. The standard InChI is InChI=1S/C13H24O4S/c1-7-8-13(10(14)16-5,11(15)17-6)9-18-12(2,3)4/h7-9H2,1-6H3. The molecule has 106 valence electrons. The van der Waals surface area contributed by atoms with Gasteiger partial charge in [-0.05, 0) is 6.42 Å². The Balaban J connectivity index is 5.20. The van der Waals surface area contributed by atoms with Crippen LogP contribution in [0.15, 0.2) is 0 Å². The third kappa shape index (κ3) is 4.52. The molecule has 0 fully saturated rings. The van der Waals surface area contributed by atoms with Crippen LogP contribution >= 0.6 is 11.8 Å². The van der Waals surface area contributed by atoms with Crippen LogP contribution in [-0.2, 0) is 19.1 Å². The number of hydrogen-bond donors (Lipinski definition) is 0. The van der Waals surface area contributed by atoms with Crippen LogP contribution in [0.25, 0.3) is 0 Å². The van der Waals surface area contributed by atoms with E-state index >= 15 is 0 Å². The Hall–Kier alpha value is -0.710. The van der Waals surface area contributed by atoms with E-state index in [1.807, 2.05) is 27.7 Å². The highest BCUT2D eigenvalue weighted by molar-refractivity contribution is 8.00. The van der Waals surface area contributed by atoms with E-state index in [2.05, 4.69) is 0 Å². The zero-order chi connectivity index (χ0) is 14.4. The lowest BCUT2D eigenvalue weighted by Crippen LogP contribution is -2.44. The average molecular weight is 276 g/mol. The van der Waals surface area contributed by atoms with Gasteiger partial charge in [-0.15, -0.1) is 0 Å². The molecule has 18 heavy (non-hydrogen) atoms. The first-order valence-corrected chi connectivity index (χ1v) is 7.03. The van der Waals surface area contributed by atoms with Gasteiger partial charge in [-0.3, -0.25) is 9.59 Å². The van der Waals surface area contributed by atoms with E-state index < -0.39 is 17.4 Å². The average Bonchev–Trinajstić information content (AvgIpc) is 2.31. The van der Waals surface area contributed by atoms with Gasteiger partial charge in [0.05, 0.1) is 14.2 Å². The topological polar surface area (TPSA) is 52.6 Å². The van der Waals surface area contributed by atoms with Crippen molar-refractivity contribution in [2.45, 2.75) is 45.3 Å². The number of thioether (sulfide) groups is 1. The van der Waals surface area contributed by atoms with E-state index in [-0.39, 0.29) is 4.75 Å². The van der Waals surface area contributed by atoms with Gasteiger partial charge in [0, 0.05) is 10.5 Å². The van der Waals surface area contributed by atoms with E-state index in [1.54, 1.807) is 11.8 Å². The molecule has 0 aliphatic carbocycles. The Kier molecular flexibility index (Phi) is 6.74. The van der Waals surface area contributed by atoms with E-state index in [0.29, 0.717) is 12.2 Å². The first-order chi connectivity index (χ1) is 8.23. The normalized spacial score (nSPS) is 12.1. The van der Waals surface area contributed by atoms with Crippen molar-refractivity contribution in [3.63, 3.8) is 0 Å². The van der Waals surface area contributed by atoms with E-state index in [9.17, 15) is 9.59 Å². The Morgan fingerprint density at radius 2 is 1.50 bits per heavy atom. The molecule has 0 atom stereocenters. The van der Waals surface area contributed by atoms with Gasteiger partial charge in [0.1, 0.15) is 0 Å². The van der Waals surface area contributed by atoms with Crippen LogP contribution in [0.1, 0.15) is 40.5 Å². The molecule has 0 aromatic carbocycles. The first-order valence-electron chi connectivity index (χ1n) is 6.04. The maximum Gasteiger partial charge on any atom is 0.324 e. The summed E-state index contributed by atoms with van der Waals surface area (Å²) in [5.74, 6) is -0.634. The molecule has 0 rings (SSSR count). The summed E-state index contributed by atoms with van der Waals surface area (Å²) >= 11 is 1.57. The molecule has 0 aliphatic heterocycles. The Bertz CT molecular complexity index is 278. The van der Waals surface area contributed by atoms with Gasteiger partial charge in [-0.25, -0.2) is 0 Å². The SMILES string of the molecule is CCCC(CSC(C)(C)C)(C(=O)OC)C(=O)OC. The molecule has 0 aliphatic rings. The molecule has 0 bridgehead atoms. The summed E-state index contributed by atoms with van der Waals surface area (Å²) in [6.45, 7) is 8.07. The van der Waals surface area contributed by atoms with Gasteiger partial charge in [0.15, 0.2) is 5.41 Å². The number of rotatable bonds is 6. The molecule has 0 aromatic rings. The Labute approximate surface area is 114 Å². The fourth-order valence-corrected chi connectivity index (χ4v) is 2.69. The number of ether oxygens (including phenoxy) is 2. The predicted octanol–water partition coefficient (Wildman–Crippen LogP) is 2.65. The zero-order valence-corrected chi connectivity index (χ0v) is 13.0. The lowest BCUT2D eigenvalue weighted by Gasteiger charge is -2.30. The summed E-state index contributed by atoms with van der Waals surface area (Å²) in [7, 11) is 2.61. The number of methoxy groups -OCH3 is 2. The molecule has 0 saturated carbocycles. The van der Waals surface area contributed by atoms with Crippen LogP contribution in [0.3, 0.4) is 0 Å². The maximum atomic E-state index is 12.0. The number of hydrogen-bond acceptors (Lipinski definition) is 5. The Morgan fingerprint density at radius 3 is 1.78 bits per heavy atom. The van der Waals surface area contributed by atoms with Crippen LogP contribution in [0, 0.1) is 5.41 Å². The van der Waals surface area contributed by atoms with E-state index in [1.165, 1.54) is 14.2 Å². The molecule has 5 heteroatoms. The van der Waals surface area contributed by atoms with Crippen LogP contribution in [0.5, 0.6) is 0 Å². The summed E-state index contributed by atoms with van der Waals surface area (Å²) in [5, 5.41) is 0. The third-order valence-electron chi connectivity index (χ3n) is 2.58. The monoisotopic (exact) mass is 276 g/mol. The molecule has 4 nitrogen and oxygen atoms in total. The highest BCUT2D eigenvalue weighted by atomic mass is 32.2. The van der Waals surface area contributed by atoms with Crippen molar-refractivity contribution in [2.24, 2.45) is 5.41 Å². The van der Waals surface area contributed by atoms with Gasteiger partial charge in [-0.2, -0.15) is 11.8 Å². The second kappa shape index (κ2) is 7.02. The highest BCUT2D eigenvalue weighted by Gasteiger charge is 2.48. The first kappa shape index (κ1) is 17.3. The fraction of sp³-hybridized carbons (Fsp3) is 0.846. The van der Waals surface area contributed by atoms with Gasteiger partial charge >= 0.3 is 11.9 Å². The molecule has 0 heterocycles. The summed E-state index contributed by atoms with van der Waals surface area (Å²) in [6.07, 6.45) is 1.16. The molecule has 0 N–H and O–H groups in total. The molecular formula is C13H24O4S. The minimum Gasteiger partial charge on any atom is -0.468 e. The summed E-state index contributed by atoms with van der Waals surface area (Å²) < 4.78 is 9.58. The minimum absolute atomic E-state index is 0.0268. The predicted molar refractivity (Wildman–Crippen MR) is 73.6 cm³/mol. The summed E-state index contributed by atoms with van der Waals surface area (Å²) in [4.78, 5) is 24.0. The highest BCUT2D eigenvalue weighted by Crippen LogP contribution is 2.36.